The van der Waals surface area contributed by atoms with E-state index in [4.69, 9.17) is 4.52 Å². The Labute approximate surface area is 122 Å². The monoisotopic (exact) mass is 289 g/mol. The maximum Gasteiger partial charge on any atom is 0.274 e. The fourth-order valence-electron chi connectivity index (χ4n) is 2.64. The van der Waals surface area contributed by atoms with Crippen molar-refractivity contribution in [2.45, 2.75) is 52.1 Å². The predicted molar refractivity (Wildman–Crippen MR) is 74.7 cm³/mol. The van der Waals surface area contributed by atoms with Gasteiger partial charge in [-0.15, -0.1) is 10.2 Å². The molecule has 0 aromatic carbocycles. The Kier molecular flexibility index (Phi) is 3.72. The number of hydrogen-bond acceptors (Lipinski definition) is 5. The molecule has 0 bridgehead atoms. The fraction of sp³-hybridized carbons (Fsp3) is 0.571. The highest BCUT2D eigenvalue weighted by molar-refractivity contribution is 5.92. The van der Waals surface area contributed by atoms with Crippen molar-refractivity contribution in [2.24, 2.45) is 0 Å². The third kappa shape index (κ3) is 2.81. The van der Waals surface area contributed by atoms with Crippen molar-refractivity contribution in [1.29, 1.82) is 0 Å². The number of amides is 1. The Hall–Kier alpha value is -2.18. The van der Waals surface area contributed by atoms with E-state index in [1.54, 1.807) is 13.0 Å². The van der Waals surface area contributed by atoms with Crippen molar-refractivity contribution >= 4 is 5.91 Å². The molecule has 7 heteroatoms. The fourth-order valence-corrected chi connectivity index (χ4v) is 2.64. The van der Waals surface area contributed by atoms with Gasteiger partial charge < -0.3 is 14.4 Å². The molecule has 1 amide bonds. The second-order valence-corrected chi connectivity index (χ2v) is 5.45. The molecule has 1 unspecified atom stereocenters. The molecule has 7 nitrogen and oxygen atoms in total. The van der Waals surface area contributed by atoms with Crippen molar-refractivity contribution in [3.8, 4) is 0 Å². The van der Waals surface area contributed by atoms with E-state index in [-0.39, 0.29) is 17.6 Å². The average Bonchev–Trinajstić information content (AvgIpc) is 2.99. The van der Waals surface area contributed by atoms with Crippen LogP contribution in [0.4, 0.5) is 0 Å². The van der Waals surface area contributed by atoms with E-state index in [1.807, 2.05) is 6.92 Å². The number of hydrogen-bond donors (Lipinski definition) is 1. The molecule has 1 atom stereocenters. The largest absolute Gasteiger partial charge is 0.361 e. The Balaban J connectivity index is 1.75. The third-order valence-corrected chi connectivity index (χ3v) is 3.73. The molecule has 0 aliphatic carbocycles. The van der Waals surface area contributed by atoms with Gasteiger partial charge in [0.25, 0.3) is 5.91 Å². The van der Waals surface area contributed by atoms with Crippen molar-refractivity contribution < 1.29 is 9.32 Å². The maximum absolute atomic E-state index is 12.1. The van der Waals surface area contributed by atoms with E-state index in [9.17, 15) is 4.79 Å². The van der Waals surface area contributed by atoms with Crippen molar-refractivity contribution in [3.63, 3.8) is 0 Å². The van der Waals surface area contributed by atoms with Gasteiger partial charge >= 0.3 is 0 Å². The summed E-state index contributed by atoms with van der Waals surface area (Å²) in [4.78, 5) is 12.1. The van der Waals surface area contributed by atoms with E-state index in [0.717, 1.165) is 37.5 Å². The van der Waals surface area contributed by atoms with Crippen LogP contribution in [0.1, 0.15) is 60.1 Å². The van der Waals surface area contributed by atoms with Crippen LogP contribution in [0.3, 0.4) is 0 Å². The predicted octanol–water partition coefficient (Wildman–Crippen LogP) is 1.79. The van der Waals surface area contributed by atoms with Gasteiger partial charge in [0.2, 0.25) is 0 Å². The molecule has 0 saturated carbocycles. The van der Waals surface area contributed by atoms with Gasteiger partial charge in [-0.25, -0.2) is 0 Å². The van der Waals surface area contributed by atoms with Crippen LogP contribution in [-0.2, 0) is 13.0 Å². The zero-order chi connectivity index (χ0) is 14.8. The highest BCUT2D eigenvalue weighted by Crippen LogP contribution is 2.18. The zero-order valence-electron chi connectivity index (χ0n) is 12.3. The first-order valence-electron chi connectivity index (χ1n) is 7.31. The number of nitrogens with zero attached hydrogens (tertiary/aromatic N) is 4. The Bertz CT molecular complexity index is 646. The lowest BCUT2D eigenvalue weighted by molar-refractivity contribution is 0.0928. The summed E-state index contributed by atoms with van der Waals surface area (Å²) in [6, 6.07) is 1.40. The number of aromatic nitrogens is 4. The lowest BCUT2D eigenvalue weighted by Crippen LogP contribution is -2.29. The smallest absolute Gasteiger partial charge is 0.274 e. The minimum atomic E-state index is -0.259. The molecule has 1 aliphatic rings. The van der Waals surface area contributed by atoms with Gasteiger partial charge in [-0.3, -0.25) is 4.79 Å². The minimum Gasteiger partial charge on any atom is -0.361 e. The SMILES string of the molecule is Cc1cc(C(=O)NC(C)c2nnc3n2CCCCC3)no1. The molecule has 0 radical (unpaired) electrons. The summed E-state index contributed by atoms with van der Waals surface area (Å²) in [6.45, 7) is 4.58. The normalized spacial score (nSPS) is 16.1. The van der Waals surface area contributed by atoms with E-state index >= 15 is 0 Å². The number of nitrogens with one attached hydrogen (secondary N) is 1. The number of fused-ring (bicyclic) bond motifs is 1. The Morgan fingerprint density at radius 3 is 3.00 bits per heavy atom. The number of carbonyl (C=O) groups excluding carboxylic acids is 1. The van der Waals surface area contributed by atoms with E-state index in [0.29, 0.717) is 5.76 Å². The molecule has 3 heterocycles. The first-order chi connectivity index (χ1) is 10.1. The van der Waals surface area contributed by atoms with Crippen LogP contribution in [0, 0.1) is 6.92 Å². The molecule has 0 spiro atoms. The summed E-state index contributed by atoms with van der Waals surface area (Å²) in [5, 5.41) is 15.1. The van der Waals surface area contributed by atoms with Crippen LogP contribution in [-0.4, -0.2) is 25.8 Å². The summed E-state index contributed by atoms with van der Waals surface area (Å²) in [6.07, 6.45) is 4.44. The Morgan fingerprint density at radius 1 is 1.38 bits per heavy atom. The van der Waals surface area contributed by atoms with Crippen LogP contribution >= 0.6 is 0 Å². The van der Waals surface area contributed by atoms with Crippen molar-refractivity contribution in [1.82, 2.24) is 25.2 Å². The van der Waals surface area contributed by atoms with Gasteiger partial charge in [0, 0.05) is 19.0 Å². The van der Waals surface area contributed by atoms with Gasteiger partial charge in [-0.1, -0.05) is 11.6 Å². The lowest BCUT2D eigenvalue weighted by atomic mass is 10.2. The summed E-state index contributed by atoms with van der Waals surface area (Å²) in [7, 11) is 0. The van der Waals surface area contributed by atoms with Crippen LogP contribution in [0.2, 0.25) is 0 Å². The molecular formula is C14H19N5O2. The molecule has 0 saturated heterocycles. The van der Waals surface area contributed by atoms with Gasteiger partial charge in [0.15, 0.2) is 11.5 Å². The molecular weight excluding hydrogens is 270 g/mol. The van der Waals surface area contributed by atoms with Crippen LogP contribution in [0.25, 0.3) is 0 Å². The van der Waals surface area contributed by atoms with E-state index in [1.165, 1.54) is 6.42 Å². The first kappa shape index (κ1) is 13.8. The molecule has 21 heavy (non-hydrogen) atoms. The second-order valence-electron chi connectivity index (χ2n) is 5.45. The standard InChI is InChI=1S/C14H19N5O2/c1-9-8-11(18-21-9)14(20)15-10(2)13-17-16-12-6-4-3-5-7-19(12)13/h8,10H,3-7H2,1-2H3,(H,15,20). The lowest BCUT2D eigenvalue weighted by Gasteiger charge is -2.14. The van der Waals surface area contributed by atoms with E-state index in [2.05, 4.69) is 25.2 Å². The van der Waals surface area contributed by atoms with Gasteiger partial charge in [0.1, 0.15) is 11.6 Å². The Morgan fingerprint density at radius 2 is 2.24 bits per heavy atom. The molecule has 0 fully saturated rings. The average molecular weight is 289 g/mol. The molecule has 112 valence electrons. The first-order valence-corrected chi connectivity index (χ1v) is 7.31. The number of aryl methyl sites for hydroxylation is 2. The quantitative estimate of drug-likeness (QED) is 0.931. The molecule has 3 rings (SSSR count). The number of carbonyl (C=O) groups is 1. The highest BCUT2D eigenvalue weighted by atomic mass is 16.5. The molecule has 2 aromatic heterocycles. The molecule has 1 aliphatic heterocycles. The summed E-state index contributed by atoms with van der Waals surface area (Å²) >= 11 is 0. The zero-order valence-corrected chi connectivity index (χ0v) is 12.3. The van der Waals surface area contributed by atoms with Crippen LogP contribution in [0.15, 0.2) is 10.6 Å². The van der Waals surface area contributed by atoms with Gasteiger partial charge in [-0.2, -0.15) is 0 Å². The second kappa shape index (κ2) is 5.67. The summed E-state index contributed by atoms with van der Waals surface area (Å²) in [5.74, 6) is 2.18. The van der Waals surface area contributed by atoms with E-state index < -0.39 is 0 Å². The molecule has 1 N–H and O–H groups in total. The summed E-state index contributed by atoms with van der Waals surface area (Å²) in [5.41, 5.74) is 0.287. The van der Waals surface area contributed by atoms with Gasteiger partial charge in [-0.05, 0) is 26.7 Å². The summed E-state index contributed by atoms with van der Waals surface area (Å²) < 4.78 is 7.05. The number of rotatable bonds is 3. The van der Waals surface area contributed by atoms with Gasteiger partial charge in [0.05, 0.1) is 6.04 Å². The maximum atomic E-state index is 12.1. The van der Waals surface area contributed by atoms with Crippen molar-refractivity contribution in [3.05, 3.63) is 29.2 Å². The minimum absolute atomic E-state index is 0.214. The highest BCUT2D eigenvalue weighted by Gasteiger charge is 2.22. The molecule has 2 aromatic rings. The van der Waals surface area contributed by atoms with Crippen LogP contribution in [0.5, 0.6) is 0 Å². The van der Waals surface area contributed by atoms with Crippen molar-refractivity contribution in [2.75, 3.05) is 0 Å². The third-order valence-electron chi connectivity index (χ3n) is 3.73. The topological polar surface area (TPSA) is 85.8 Å². The van der Waals surface area contributed by atoms with Crippen LogP contribution < -0.4 is 5.32 Å².